The first-order chi connectivity index (χ1) is 9.53. The van der Waals surface area contributed by atoms with E-state index in [2.05, 4.69) is 36.1 Å². The monoisotopic (exact) mass is 271 g/mol. The first kappa shape index (κ1) is 13.3. The molecule has 0 N–H and O–H groups in total. The summed E-state index contributed by atoms with van der Waals surface area (Å²) < 4.78 is 0. The van der Waals surface area contributed by atoms with Crippen molar-refractivity contribution in [3.8, 4) is 0 Å². The van der Waals surface area contributed by atoms with Gasteiger partial charge >= 0.3 is 0 Å². The molecule has 1 aromatic rings. The number of carbonyl (C=O) groups is 2. The molecule has 3 nitrogen and oxygen atoms in total. The zero-order valence-electron chi connectivity index (χ0n) is 12.2. The standard InChI is InChI=1S/C17H21NO2/c1-12-5-7-15(8-6-12)18-10-14-4-3-9-17(11-18,13(2)19)16(14)20/h5-8,14H,3-4,9-11H2,1-2H3/t14-,17+/m0/s1. The van der Waals surface area contributed by atoms with Crippen molar-refractivity contribution in [3.63, 3.8) is 0 Å². The van der Waals surface area contributed by atoms with Crippen LogP contribution in [0.3, 0.4) is 0 Å². The van der Waals surface area contributed by atoms with Gasteiger partial charge < -0.3 is 4.90 Å². The number of Topliss-reactive ketones (excluding diaryl/α,β-unsaturated/α-hetero) is 2. The molecule has 2 atom stereocenters. The van der Waals surface area contributed by atoms with Gasteiger partial charge in [-0.05, 0) is 38.8 Å². The average Bonchev–Trinajstić information content (AvgIpc) is 2.39. The Labute approximate surface area is 120 Å². The molecule has 0 amide bonds. The van der Waals surface area contributed by atoms with Crippen molar-refractivity contribution in [2.24, 2.45) is 11.3 Å². The molecule has 1 heterocycles. The van der Waals surface area contributed by atoms with Crippen LogP contribution in [-0.4, -0.2) is 24.7 Å². The molecule has 1 saturated carbocycles. The van der Waals surface area contributed by atoms with Crippen molar-refractivity contribution < 1.29 is 9.59 Å². The first-order valence-electron chi connectivity index (χ1n) is 7.40. The van der Waals surface area contributed by atoms with Crippen LogP contribution < -0.4 is 4.90 Å². The number of hydrogen-bond donors (Lipinski definition) is 0. The molecular formula is C17H21NO2. The largest absolute Gasteiger partial charge is 0.369 e. The Morgan fingerprint density at radius 3 is 2.65 bits per heavy atom. The maximum atomic E-state index is 12.6. The van der Waals surface area contributed by atoms with E-state index in [9.17, 15) is 9.59 Å². The fraction of sp³-hybridized carbons (Fsp3) is 0.529. The highest BCUT2D eigenvalue weighted by Crippen LogP contribution is 2.43. The number of ketones is 2. The van der Waals surface area contributed by atoms with Gasteiger partial charge in [0.05, 0.1) is 0 Å². The summed E-state index contributed by atoms with van der Waals surface area (Å²) in [5.41, 5.74) is 1.61. The molecule has 0 aromatic heterocycles. The van der Waals surface area contributed by atoms with Gasteiger partial charge in [0.1, 0.15) is 11.2 Å². The quantitative estimate of drug-likeness (QED) is 0.776. The minimum atomic E-state index is -0.744. The molecule has 3 heteroatoms. The van der Waals surface area contributed by atoms with Crippen molar-refractivity contribution in [2.45, 2.75) is 33.1 Å². The molecule has 2 bridgehead atoms. The van der Waals surface area contributed by atoms with E-state index in [-0.39, 0.29) is 17.5 Å². The molecule has 20 heavy (non-hydrogen) atoms. The molecule has 0 radical (unpaired) electrons. The maximum absolute atomic E-state index is 12.6. The molecule has 3 rings (SSSR count). The molecule has 1 aliphatic heterocycles. The smallest absolute Gasteiger partial charge is 0.153 e. The molecule has 1 saturated heterocycles. The van der Waals surface area contributed by atoms with Gasteiger partial charge in [0.25, 0.3) is 0 Å². The molecular weight excluding hydrogens is 250 g/mol. The summed E-state index contributed by atoms with van der Waals surface area (Å²) in [5, 5.41) is 0. The Morgan fingerprint density at radius 2 is 2.00 bits per heavy atom. The van der Waals surface area contributed by atoms with E-state index in [0.29, 0.717) is 6.54 Å². The van der Waals surface area contributed by atoms with E-state index in [1.54, 1.807) is 6.92 Å². The summed E-state index contributed by atoms with van der Waals surface area (Å²) in [5.74, 6) is 0.270. The van der Waals surface area contributed by atoms with E-state index >= 15 is 0 Å². The third kappa shape index (κ3) is 1.96. The van der Waals surface area contributed by atoms with Gasteiger partial charge in [-0.25, -0.2) is 0 Å². The number of aryl methyl sites for hydroxylation is 1. The normalized spacial score (nSPS) is 29.4. The fourth-order valence-electron chi connectivity index (χ4n) is 3.70. The zero-order chi connectivity index (χ0) is 14.3. The lowest BCUT2D eigenvalue weighted by Crippen LogP contribution is -2.59. The highest BCUT2D eigenvalue weighted by molar-refractivity contribution is 6.09. The summed E-state index contributed by atoms with van der Waals surface area (Å²) >= 11 is 0. The lowest BCUT2D eigenvalue weighted by Gasteiger charge is -2.47. The van der Waals surface area contributed by atoms with Gasteiger partial charge in [-0.2, -0.15) is 0 Å². The number of hydrogen-bond acceptors (Lipinski definition) is 3. The number of carbonyl (C=O) groups excluding carboxylic acids is 2. The van der Waals surface area contributed by atoms with Crippen LogP contribution in [0, 0.1) is 18.3 Å². The van der Waals surface area contributed by atoms with E-state index in [1.165, 1.54) is 5.56 Å². The van der Waals surface area contributed by atoms with Gasteiger partial charge in [0.2, 0.25) is 0 Å². The first-order valence-corrected chi connectivity index (χ1v) is 7.40. The summed E-state index contributed by atoms with van der Waals surface area (Å²) in [6.45, 7) is 4.96. The van der Waals surface area contributed by atoms with Gasteiger partial charge in [0.15, 0.2) is 5.78 Å². The number of nitrogens with zero attached hydrogens (tertiary/aromatic N) is 1. The second kappa shape index (κ2) is 4.72. The van der Waals surface area contributed by atoms with Crippen LogP contribution in [0.2, 0.25) is 0 Å². The predicted molar refractivity (Wildman–Crippen MR) is 78.9 cm³/mol. The van der Waals surface area contributed by atoms with Crippen molar-refractivity contribution in [3.05, 3.63) is 29.8 Å². The predicted octanol–water partition coefficient (Wildman–Crippen LogP) is 2.76. The van der Waals surface area contributed by atoms with Crippen LogP contribution in [0.25, 0.3) is 0 Å². The number of anilines is 1. The number of benzene rings is 1. The van der Waals surface area contributed by atoms with E-state index in [0.717, 1.165) is 31.5 Å². The lowest BCUT2D eigenvalue weighted by atomic mass is 9.63. The number of rotatable bonds is 2. The number of piperidine rings is 1. The highest BCUT2D eigenvalue weighted by Gasteiger charge is 2.52. The molecule has 0 spiro atoms. The SMILES string of the molecule is CC(=O)[C@@]12CCC[C@@H](CN(c3ccc(C)cc3)C1)C2=O. The topological polar surface area (TPSA) is 37.4 Å². The minimum Gasteiger partial charge on any atom is -0.369 e. The minimum absolute atomic E-state index is 0.0303. The van der Waals surface area contributed by atoms with Crippen LogP contribution in [-0.2, 0) is 9.59 Å². The average molecular weight is 271 g/mol. The van der Waals surface area contributed by atoms with Crippen molar-refractivity contribution in [1.82, 2.24) is 0 Å². The van der Waals surface area contributed by atoms with Crippen molar-refractivity contribution >= 4 is 17.3 Å². The van der Waals surface area contributed by atoms with E-state index < -0.39 is 5.41 Å². The molecule has 1 aromatic carbocycles. The Hall–Kier alpha value is -1.64. The van der Waals surface area contributed by atoms with E-state index in [4.69, 9.17) is 0 Å². The van der Waals surface area contributed by atoms with Gasteiger partial charge in [-0.1, -0.05) is 24.1 Å². The Bertz CT molecular complexity index is 549. The third-order valence-electron chi connectivity index (χ3n) is 4.97. The van der Waals surface area contributed by atoms with Gasteiger partial charge in [0, 0.05) is 24.7 Å². The Morgan fingerprint density at radius 1 is 1.30 bits per heavy atom. The molecule has 0 unspecified atom stereocenters. The van der Waals surface area contributed by atoms with Crippen LogP contribution in [0.15, 0.2) is 24.3 Å². The van der Waals surface area contributed by atoms with Crippen LogP contribution in [0.5, 0.6) is 0 Å². The molecule has 2 fully saturated rings. The summed E-state index contributed by atoms with van der Waals surface area (Å²) in [6, 6.07) is 8.35. The molecule has 1 aliphatic carbocycles. The van der Waals surface area contributed by atoms with Crippen LogP contribution in [0.1, 0.15) is 31.7 Å². The lowest BCUT2D eigenvalue weighted by molar-refractivity contribution is -0.146. The van der Waals surface area contributed by atoms with Crippen LogP contribution in [0.4, 0.5) is 5.69 Å². The summed E-state index contributed by atoms with van der Waals surface area (Å²) in [7, 11) is 0. The molecule has 106 valence electrons. The van der Waals surface area contributed by atoms with Crippen molar-refractivity contribution in [2.75, 3.05) is 18.0 Å². The fourth-order valence-corrected chi connectivity index (χ4v) is 3.70. The van der Waals surface area contributed by atoms with Gasteiger partial charge in [-0.3, -0.25) is 9.59 Å². The van der Waals surface area contributed by atoms with Crippen LogP contribution >= 0.6 is 0 Å². The Kier molecular flexibility index (Phi) is 3.15. The molecule has 2 aliphatic rings. The second-order valence-corrected chi connectivity index (χ2v) is 6.31. The number of fused-ring (bicyclic) bond motifs is 2. The zero-order valence-corrected chi connectivity index (χ0v) is 12.2. The summed E-state index contributed by atoms with van der Waals surface area (Å²) in [4.78, 5) is 26.9. The van der Waals surface area contributed by atoms with Gasteiger partial charge in [-0.15, -0.1) is 0 Å². The Balaban J connectivity index is 1.95. The second-order valence-electron chi connectivity index (χ2n) is 6.31. The highest BCUT2D eigenvalue weighted by atomic mass is 16.2. The third-order valence-corrected chi connectivity index (χ3v) is 4.97. The maximum Gasteiger partial charge on any atom is 0.153 e. The summed E-state index contributed by atoms with van der Waals surface area (Å²) in [6.07, 6.45) is 2.65. The van der Waals surface area contributed by atoms with Crippen molar-refractivity contribution in [1.29, 1.82) is 0 Å². The van der Waals surface area contributed by atoms with E-state index in [1.807, 2.05) is 0 Å².